The van der Waals surface area contributed by atoms with Crippen molar-refractivity contribution in [1.29, 1.82) is 0 Å². The summed E-state index contributed by atoms with van der Waals surface area (Å²) >= 11 is 5.91. The molecule has 1 aromatic carbocycles. The van der Waals surface area contributed by atoms with Crippen molar-refractivity contribution in [3.63, 3.8) is 0 Å². The maximum absolute atomic E-state index is 13.2. The van der Waals surface area contributed by atoms with Gasteiger partial charge in [-0.3, -0.25) is 0 Å². The van der Waals surface area contributed by atoms with Gasteiger partial charge in [-0.2, -0.15) is 0 Å². The lowest BCUT2D eigenvalue weighted by Crippen LogP contribution is -2.27. The Labute approximate surface area is 88.3 Å². The third kappa shape index (κ3) is 1.91. The fourth-order valence-corrected chi connectivity index (χ4v) is 2.16. The number of halogens is 2. The van der Waals surface area contributed by atoms with Crippen LogP contribution in [0.2, 0.25) is 5.02 Å². The van der Waals surface area contributed by atoms with Crippen LogP contribution >= 0.6 is 11.6 Å². The van der Waals surface area contributed by atoms with Crippen LogP contribution in [0.4, 0.5) is 4.39 Å². The number of rotatable bonds is 1. The molecule has 0 radical (unpaired) electrons. The van der Waals surface area contributed by atoms with Gasteiger partial charge in [0.2, 0.25) is 0 Å². The Kier molecular flexibility index (Phi) is 3.04. The van der Waals surface area contributed by atoms with E-state index in [0.29, 0.717) is 0 Å². The monoisotopic (exact) mass is 213 g/mol. The smallest absolute Gasteiger partial charge is 0.142 e. The zero-order chi connectivity index (χ0) is 9.97. The molecule has 0 saturated carbocycles. The summed E-state index contributed by atoms with van der Waals surface area (Å²) in [6.45, 7) is 0.998. The fourth-order valence-electron chi connectivity index (χ4n) is 1.91. The predicted molar refractivity (Wildman–Crippen MR) is 56.0 cm³/mol. The van der Waals surface area contributed by atoms with E-state index in [1.807, 2.05) is 6.07 Å². The van der Waals surface area contributed by atoms with E-state index in [1.54, 1.807) is 6.07 Å². The molecule has 1 aliphatic heterocycles. The average molecular weight is 214 g/mol. The second-order valence-corrected chi connectivity index (χ2v) is 4.02. The van der Waals surface area contributed by atoms with E-state index in [9.17, 15) is 4.39 Å². The summed E-state index contributed by atoms with van der Waals surface area (Å²) in [7, 11) is 0. The minimum Gasteiger partial charge on any atom is -0.310 e. The molecule has 0 amide bonds. The molecular weight excluding hydrogens is 201 g/mol. The summed E-state index contributed by atoms with van der Waals surface area (Å²) in [5.74, 6) is -0.323. The number of nitrogens with one attached hydrogen (secondary N) is 1. The number of hydrogen-bond acceptors (Lipinski definition) is 1. The molecule has 0 bridgehead atoms. The Balaban J connectivity index is 2.26. The third-order valence-corrected chi connectivity index (χ3v) is 3.07. The van der Waals surface area contributed by atoms with Gasteiger partial charge in [0.25, 0.3) is 0 Å². The number of hydrogen-bond donors (Lipinski definition) is 1. The Morgan fingerprint density at radius 2 is 2.21 bits per heavy atom. The minimum absolute atomic E-state index is 0.229. The van der Waals surface area contributed by atoms with Gasteiger partial charge < -0.3 is 5.32 Å². The van der Waals surface area contributed by atoms with Crippen molar-refractivity contribution in [2.24, 2.45) is 0 Å². The van der Waals surface area contributed by atoms with Gasteiger partial charge in [-0.15, -0.1) is 0 Å². The Hall–Kier alpha value is -0.600. The van der Waals surface area contributed by atoms with Crippen molar-refractivity contribution in [1.82, 2.24) is 5.32 Å². The summed E-state index contributed by atoms with van der Waals surface area (Å²) in [6, 6.07) is 5.24. The zero-order valence-electron chi connectivity index (χ0n) is 7.89. The lowest BCUT2D eigenvalue weighted by molar-refractivity contribution is 0.411. The molecule has 76 valence electrons. The van der Waals surface area contributed by atoms with Crippen molar-refractivity contribution in [2.45, 2.75) is 25.3 Å². The Bertz CT molecular complexity index is 321. The van der Waals surface area contributed by atoms with E-state index in [-0.39, 0.29) is 16.9 Å². The molecule has 1 aliphatic rings. The van der Waals surface area contributed by atoms with E-state index >= 15 is 0 Å². The topological polar surface area (TPSA) is 12.0 Å². The van der Waals surface area contributed by atoms with Gasteiger partial charge in [-0.25, -0.2) is 4.39 Å². The van der Waals surface area contributed by atoms with Crippen LogP contribution in [-0.4, -0.2) is 6.54 Å². The second kappa shape index (κ2) is 4.28. The van der Waals surface area contributed by atoms with Gasteiger partial charge in [-0.05, 0) is 31.0 Å². The van der Waals surface area contributed by atoms with Crippen LogP contribution in [0.3, 0.4) is 0 Å². The molecule has 0 unspecified atom stereocenters. The number of benzene rings is 1. The maximum Gasteiger partial charge on any atom is 0.142 e. The molecule has 0 aromatic heterocycles. The molecule has 1 nitrogen and oxygen atoms in total. The van der Waals surface area contributed by atoms with Crippen molar-refractivity contribution in [3.8, 4) is 0 Å². The molecule has 3 heteroatoms. The highest BCUT2D eigenvalue weighted by Gasteiger charge is 2.18. The molecule has 1 aromatic rings. The molecule has 14 heavy (non-hydrogen) atoms. The van der Waals surface area contributed by atoms with Crippen LogP contribution in [0.25, 0.3) is 0 Å². The average Bonchev–Trinajstić information content (AvgIpc) is 2.23. The van der Waals surface area contributed by atoms with E-state index in [4.69, 9.17) is 11.6 Å². The SMILES string of the molecule is Fc1cccc([C@@H]2CCCCN2)c1Cl. The van der Waals surface area contributed by atoms with Crippen LogP contribution in [0.1, 0.15) is 30.9 Å². The van der Waals surface area contributed by atoms with Gasteiger partial charge in [-0.1, -0.05) is 30.2 Å². The van der Waals surface area contributed by atoms with Crippen molar-refractivity contribution < 1.29 is 4.39 Å². The van der Waals surface area contributed by atoms with Crippen molar-refractivity contribution in [2.75, 3.05) is 6.54 Å². The van der Waals surface area contributed by atoms with Crippen LogP contribution in [0.5, 0.6) is 0 Å². The first-order chi connectivity index (χ1) is 6.79. The van der Waals surface area contributed by atoms with Gasteiger partial charge in [0.05, 0.1) is 5.02 Å². The lowest BCUT2D eigenvalue weighted by atomic mass is 9.97. The summed E-state index contributed by atoms with van der Waals surface area (Å²) in [5.41, 5.74) is 0.895. The molecule has 1 atom stereocenters. The molecule has 2 rings (SSSR count). The predicted octanol–water partition coefficient (Wildman–Crippen LogP) is 3.29. The highest BCUT2D eigenvalue weighted by Crippen LogP contribution is 2.30. The molecular formula is C11H13ClFN. The van der Waals surface area contributed by atoms with Crippen LogP contribution in [0.15, 0.2) is 18.2 Å². The highest BCUT2D eigenvalue weighted by molar-refractivity contribution is 6.31. The maximum atomic E-state index is 13.2. The van der Waals surface area contributed by atoms with E-state index in [1.165, 1.54) is 18.9 Å². The minimum atomic E-state index is -0.323. The molecule has 0 aliphatic carbocycles. The molecule has 1 saturated heterocycles. The van der Waals surface area contributed by atoms with Crippen LogP contribution in [-0.2, 0) is 0 Å². The lowest BCUT2D eigenvalue weighted by Gasteiger charge is -2.24. The van der Waals surface area contributed by atoms with Crippen molar-refractivity contribution in [3.05, 3.63) is 34.6 Å². The van der Waals surface area contributed by atoms with Gasteiger partial charge in [0.15, 0.2) is 0 Å². The quantitative estimate of drug-likeness (QED) is 0.755. The van der Waals surface area contributed by atoms with Crippen LogP contribution < -0.4 is 5.32 Å². The molecule has 1 heterocycles. The second-order valence-electron chi connectivity index (χ2n) is 3.65. The Morgan fingerprint density at radius 3 is 2.93 bits per heavy atom. The standard InChI is InChI=1S/C11H13ClFN/c12-11-8(4-3-5-9(11)13)10-6-1-2-7-14-10/h3-5,10,14H,1-2,6-7H2/t10-/m0/s1. The van der Waals surface area contributed by atoms with E-state index in [2.05, 4.69) is 5.32 Å². The Morgan fingerprint density at radius 1 is 1.36 bits per heavy atom. The summed E-state index contributed by atoms with van der Waals surface area (Å²) in [6.07, 6.45) is 3.43. The first kappa shape index (κ1) is 9.94. The molecule has 0 spiro atoms. The summed E-state index contributed by atoms with van der Waals surface area (Å²) < 4.78 is 13.2. The summed E-state index contributed by atoms with van der Waals surface area (Å²) in [5, 5.41) is 3.62. The largest absolute Gasteiger partial charge is 0.310 e. The first-order valence-electron chi connectivity index (χ1n) is 4.96. The van der Waals surface area contributed by atoms with E-state index in [0.717, 1.165) is 18.5 Å². The molecule has 1 fully saturated rings. The summed E-state index contributed by atoms with van der Waals surface area (Å²) in [4.78, 5) is 0. The van der Waals surface area contributed by atoms with Crippen molar-refractivity contribution >= 4 is 11.6 Å². The fraction of sp³-hybridized carbons (Fsp3) is 0.455. The number of piperidine rings is 1. The van der Waals surface area contributed by atoms with Gasteiger partial charge in [0, 0.05) is 6.04 Å². The van der Waals surface area contributed by atoms with E-state index < -0.39 is 0 Å². The van der Waals surface area contributed by atoms with Crippen LogP contribution in [0, 0.1) is 5.82 Å². The highest BCUT2D eigenvalue weighted by atomic mass is 35.5. The van der Waals surface area contributed by atoms with Gasteiger partial charge in [0.1, 0.15) is 5.82 Å². The third-order valence-electron chi connectivity index (χ3n) is 2.67. The first-order valence-corrected chi connectivity index (χ1v) is 5.34. The zero-order valence-corrected chi connectivity index (χ0v) is 8.65. The normalized spacial score (nSPS) is 22.3. The molecule has 1 N–H and O–H groups in total. The van der Waals surface area contributed by atoms with Gasteiger partial charge >= 0.3 is 0 Å².